The van der Waals surface area contributed by atoms with Crippen LogP contribution in [-0.2, 0) is 4.79 Å². The Bertz CT molecular complexity index is 195. The third-order valence-electron chi connectivity index (χ3n) is 2.50. The van der Waals surface area contributed by atoms with Crippen LogP contribution < -0.4 is 5.32 Å². The van der Waals surface area contributed by atoms with Crippen LogP contribution in [0.3, 0.4) is 0 Å². The molecular weight excluding hydrogens is 192 g/mol. The van der Waals surface area contributed by atoms with Gasteiger partial charge < -0.3 is 10.4 Å². The van der Waals surface area contributed by atoms with Crippen LogP contribution in [0.1, 0.15) is 25.7 Å². The van der Waals surface area contributed by atoms with E-state index in [0.717, 1.165) is 19.3 Å². The molecule has 0 bridgehead atoms. The van der Waals surface area contributed by atoms with Crippen LogP contribution in [0, 0.1) is 5.92 Å². The molecule has 1 rings (SSSR count). The Morgan fingerprint density at radius 1 is 1.50 bits per heavy atom. The molecule has 82 valence electrons. The van der Waals surface area contributed by atoms with Gasteiger partial charge in [0.15, 0.2) is 0 Å². The fourth-order valence-corrected chi connectivity index (χ4v) is 1.34. The number of alkyl halides is 2. The van der Waals surface area contributed by atoms with Crippen molar-refractivity contribution in [3.8, 4) is 0 Å². The molecule has 14 heavy (non-hydrogen) atoms. The van der Waals surface area contributed by atoms with E-state index in [2.05, 4.69) is 5.32 Å². The van der Waals surface area contributed by atoms with Crippen LogP contribution in [0.25, 0.3) is 0 Å². The summed E-state index contributed by atoms with van der Waals surface area (Å²) in [6, 6.07) is 0. The number of carbonyl (C=O) groups is 1. The summed E-state index contributed by atoms with van der Waals surface area (Å²) in [4.78, 5) is 11.1. The molecule has 0 saturated heterocycles. The predicted octanol–water partition coefficient (Wildman–Crippen LogP) is 0.919. The minimum Gasteiger partial charge on any atom is -0.385 e. The number of hydrogen-bond acceptors (Lipinski definition) is 2. The standard InChI is InChI=1S/C9H15F2NO2/c10-9(11)7(13)5-12-8(14)4-6-2-1-3-6/h6-7,9,13H,1-5H2,(H,12,14). The highest BCUT2D eigenvalue weighted by molar-refractivity contribution is 5.76. The van der Waals surface area contributed by atoms with Crippen molar-refractivity contribution < 1.29 is 18.7 Å². The molecular formula is C9H15F2NO2. The van der Waals surface area contributed by atoms with Gasteiger partial charge in [-0.25, -0.2) is 8.78 Å². The second-order valence-corrected chi connectivity index (χ2v) is 3.71. The number of carbonyl (C=O) groups excluding carboxylic acids is 1. The Balaban J connectivity index is 2.07. The van der Waals surface area contributed by atoms with E-state index in [1.807, 2.05) is 0 Å². The number of aliphatic hydroxyl groups is 1. The summed E-state index contributed by atoms with van der Waals surface area (Å²) < 4.78 is 23.6. The molecule has 2 N–H and O–H groups in total. The van der Waals surface area contributed by atoms with Crippen LogP contribution in [0.15, 0.2) is 0 Å². The molecule has 1 aliphatic carbocycles. The summed E-state index contributed by atoms with van der Waals surface area (Å²) in [5, 5.41) is 11.0. The van der Waals surface area contributed by atoms with Crippen molar-refractivity contribution in [3.05, 3.63) is 0 Å². The molecule has 0 spiro atoms. The average molecular weight is 207 g/mol. The zero-order valence-electron chi connectivity index (χ0n) is 7.88. The van der Waals surface area contributed by atoms with E-state index in [1.54, 1.807) is 0 Å². The molecule has 1 fully saturated rings. The van der Waals surface area contributed by atoms with Gasteiger partial charge in [-0.3, -0.25) is 4.79 Å². The van der Waals surface area contributed by atoms with Gasteiger partial charge in [0.05, 0.1) is 0 Å². The molecule has 1 amide bonds. The van der Waals surface area contributed by atoms with Crippen molar-refractivity contribution >= 4 is 5.91 Å². The maximum atomic E-state index is 11.8. The lowest BCUT2D eigenvalue weighted by molar-refractivity contribution is -0.123. The van der Waals surface area contributed by atoms with Crippen LogP contribution in [0.2, 0.25) is 0 Å². The highest BCUT2D eigenvalue weighted by Crippen LogP contribution is 2.28. The summed E-state index contributed by atoms with van der Waals surface area (Å²) in [6.45, 7) is -0.358. The van der Waals surface area contributed by atoms with Crippen molar-refractivity contribution in [1.82, 2.24) is 5.32 Å². The Morgan fingerprint density at radius 2 is 2.14 bits per heavy atom. The number of halogens is 2. The van der Waals surface area contributed by atoms with Gasteiger partial charge in [-0.1, -0.05) is 6.42 Å². The quantitative estimate of drug-likeness (QED) is 0.704. The maximum Gasteiger partial charge on any atom is 0.265 e. The third-order valence-corrected chi connectivity index (χ3v) is 2.50. The van der Waals surface area contributed by atoms with E-state index < -0.39 is 12.5 Å². The Labute approximate surface area is 81.5 Å². The topological polar surface area (TPSA) is 49.3 Å². The second kappa shape index (κ2) is 5.24. The molecule has 1 unspecified atom stereocenters. The van der Waals surface area contributed by atoms with Crippen molar-refractivity contribution in [2.24, 2.45) is 5.92 Å². The Kier molecular flexibility index (Phi) is 4.25. The number of aliphatic hydroxyl groups excluding tert-OH is 1. The summed E-state index contributed by atoms with van der Waals surface area (Å²) in [5.41, 5.74) is 0. The normalized spacial score (nSPS) is 19.1. The van der Waals surface area contributed by atoms with Gasteiger partial charge in [0.2, 0.25) is 5.91 Å². The molecule has 0 aliphatic heterocycles. The van der Waals surface area contributed by atoms with Gasteiger partial charge in [-0.2, -0.15) is 0 Å². The first-order chi connectivity index (χ1) is 6.59. The fourth-order valence-electron chi connectivity index (χ4n) is 1.34. The van der Waals surface area contributed by atoms with Crippen molar-refractivity contribution in [2.75, 3.05) is 6.54 Å². The highest BCUT2D eigenvalue weighted by Gasteiger charge is 2.22. The van der Waals surface area contributed by atoms with Gasteiger partial charge in [-0.05, 0) is 18.8 Å². The van der Waals surface area contributed by atoms with Crippen molar-refractivity contribution in [2.45, 2.75) is 38.2 Å². The number of hydrogen-bond donors (Lipinski definition) is 2. The summed E-state index contributed by atoms with van der Waals surface area (Å²) in [5.74, 6) is 0.174. The van der Waals surface area contributed by atoms with E-state index in [1.165, 1.54) is 0 Å². The smallest absolute Gasteiger partial charge is 0.265 e. The molecule has 5 heteroatoms. The van der Waals surface area contributed by atoms with Crippen molar-refractivity contribution in [3.63, 3.8) is 0 Å². The van der Waals surface area contributed by atoms with Crippen LogP contribution in [0.5, 0.6) is 0 Å². The van der Waals surface area contributed by atoms with E-state index in [4.69, 9.17) is 5.11 Å². The Morgan fingerprint density at radius 3 is 2.57 bits per heavy atom. The molecule has 1 saturated carbocycles. The van der Waals surface area contributed by atoms with Crippen molar-refractivity contribution in [1.29, 1.82) is 0 Å². The van der Waals surface area contributed by atoms with Gasteiger partial charge >= 0.3 is 0 Å². The van der Waals surface area contributed by atoms with E-state index >= 15 is 0 Å². The number of nitrogens with one attached hydrogen (secondary N) is 1. The van der Waals surface area contributed by atoms with Gasteiger partial charge in [-0.15, -0.1) is 0 Å². The lowest BCUT2D eigenvalue weighted by atomic mass is 9.83. The lowest BCUT2D eigenvalue weighted by Crippen LogP contribution is -2.37. The second-order valence-electron chi connectivity index (χ2n) is 3.71. The molecule has 3 nitrogen and oxygen atoms in total. The molecule has 0 aromatic rings. The summed E-state index contributed by atoms with van der Waals surface area (Å²) >= 11 is 0. The molecule has 1 aliphatic rings. The predicted molar refractivity (Wildman–Crippen MR) is 47.0 cm³/mol. The van der Waals surface area contributed by atoms with Crippen LogP contribution in [-0.4, -0.2) is 30.1 Å². The summed E-state index contributed by atoms with van der Waals surface area (Å²) in [7, 11) is 0. The van der Waals surface area contributed by atoms with Crippen LogP contribution >= 0.6 is 0 Å². The van der Waals surface area contributed by atoms with Gasteiger partial charge in [0.25, 0.3) is 6.43 Å². The third kappa shape index (κ3) is 3.57. The number of amides is 1. The zero-order chi connectivity index (χ0) is 10.6. The zero-order valence-corrected chi connectivity index (χ0v) is 7.88. The minimum atomic E-state index is -2.79. The highest BCUT2D eigenvalue weighted by atomic mass is 19.3. The first-order valence-corrected chi connectivity index (χ1v) is 4.82. The first-order valence-electron chi connectivity index (χ1n) is 4.82. The molecule has 0 aromatic heterocycles. The molecule has 0 aromatic carbocycles. The van der Waals surface area contributed by atoms with Gasteiger partial charge in [0.1, 0.15) is 6.10 Å². The monoisotopic (exact) mass is 207 g/mol. The van der Waals surface area contributed by atoms with Crippen LogP contribution in [0.4, 0.5) is 8.78 Å². The first kappa shape index (κ1) is 11.4. The van der Waals surface area contributed by atoms with E-state index in [-0.39, 0.29) is 12.5 Å². The maximum absolute atomic E-state index is 11.8. The minimum absolute atomic E-state index is 0.241. The van der Waals surface area contributed by atoms with E-state index in [0.29, 0.717) is 12.3 Å². The molecule has 0 radical (unpaired) electrons. The van der Waals surface area contributed by atoms with E-state index in [9.17, 15) is 13.6 Å². The average Bonchev–Trinajstić information content (AvgIpc) is 2.07. The largest absolute Gasteiger partial charge is 0.385 e. The van der Waals surface area contributed by atoms with Gasteiger partial charge in [0, 0.05) is 13.0 Å². The summed E-state index contributed by atoms with van der Waals surface area (Å²) in [6.07, 6.45) is -0.900. The lowest BCUT2D eigenvalue weighted by Gasteiger charge is -2.24. The Hall–Kier alpha value is -0.710. The molecule has 0 heterocycles. The number of rotatable bonds is 5. The SMILES string of the molecule is O=C(CC1CCC1)NCC(O)C(F)F. The molecule has 1 atom stereocenters. The fraction of sp³-hybridized carbons (Fsp3) is 0.889.